The van der Waals surface area contributed by atoms with Crippen molar-refractivity contribution >= 4 is 21.9 Å². The fourth-order valence-electron chi connectivity index (χ4n) is 4.07. The molecule has 2 unspecified atom stereocenters. The molecule has 8 heteroatoms. The zero-order valence-electron chi connectivity index (χ0n) is 16.5. The molecule has 1 heterocycles. The number of rotatable bonds is 6. The molecule has 1 fully saturated rings. The van der Waals surface area contributed by atoms with Crippen LogP contribution in [0.25, 0.3) is 0 Å². The summed E-state index contributed by atoms with van der Waals surface area (Å²) in [6.07, 6.45) is -2.75. The average molecular weight is 486 g/mol. The van der Waals surface area contributed by atoms with Crippen molar-refractivity contribution in [3.05, 3.63) is 63.6 Å². The van der Waals surface area contributed by atoms with Crippen LogP contribution >= 0.6 is 15.9 Å². The Kier molecular flexibility index (Phi) is 7.08. The van der Waals surface area contributed by atoms with E-state index in [0.29, 0.717) is 41.8 Å². The highest BCUT2D eigenvalue weighted by molar-refractivity contribution is 9.10. The van der Waals surface area contributed by atoms with Gasteiger partial charge in [-0.25, -0.2) is 0 Å². The highest BCUT2D eigenvalue weighted by Gasteiger charge is 2.41. The van der Waals surface area contributed by atoms with E-state index < -0.39 is 29.8 Å². The predicted octanol–water partition coefficient (Wildman–Crippen LogP) is 5.90. The maximum atomic E-state index is 13.9. The molecule has 1 N–H and O–H groups in total. The molecule has 1 aliphatic heterocycles. The van der Waals surface area contributed by atoms with E-state index in [4.69, 9.17) is 4.74 Å². The lowest BCUT2D eigenvalue weighted by atomic mass is 9.88. The van der Waals surface area contributed by atoms with Crippen molar-refractivity contribution in [1.82, 2.24) is 4.90 Å². The summed E-state index contributed by atoms with van der Waals surface area (Å²) in [7, 11) is 0. The van der Waals surface area contributed by atoms with Crippen LogP contribution in [0.5, 0.6) is 5.75 Å². The number of alkyl halides is 3. The maximum Gasteiger partial charge on any atom is 0.416 e. The number of carbonyl (C=O) groups is 1. The number of carboxylic acid groups (broad SMARTS) is 1. The second-order valence-corrected chi connectivity index (χ2v) is 8.11. The second kappa shape index (κ2) is 9.39. The van der Waals surface area contributed by atoms with Gasteiger partial charge in [0.1, 0.15) is 11.8 Å². The highest BCUT2D eigenvalue weighted by Crippen LogP contribution is 2.44. The van der Waals surface area contributed by atoms with Gasteiger partial charge in [0.2, 0.25) is 0 Å². The zero-order valence-corrected chi connectivity index (χ0v) is 18.0. The van der Waals surface area contributed by atoms with Gasteiger partial charge >= 0.3 is 12.1 Å². The molecule has 0 saturated carbocycles. The van der Waals surface area contributed by atoms with Gasteiger partial charge in [0.25, 0.3) is 0 Å². The minimum absolute atomic E-state index is 0.0252. The third kappa shape index (κ3) is 4.81. The fourth-order valence-corrected chi connectivity index (χ4v) is 4.45. The molecule has 3 rings (SSSR count). The Morgan fingerprint density at radius 1 is 1.23 bits per heavy atom. The molecule has 1 saturated heterocycles. The number of hydrogen-bond donors (Lipinski definition) is 1. The van der Waals surface area contributed by atoms with Crippen molar-refractivity contribution in [3.63, 3.8) is 0 Å². The zero-order chi connectivity index (χ0) is 21.9. The third-order valence-electron chi connectivity index (χ3n) is 5.29. The van der Waals surface area contributed by atoms with E-state index >= 15 is 0 Å². The first-order chi connectivity index (χ1) is 14.2. The molecule has 2 atom stereocenters. The van der Waals surface area contributed by atoms with Gasteiger partial charge in [0, 0.05) is 10.0 Å². The van der Waals surface area contributed by atoms with Crippen LogP contribution in [-0.4, -0.2) is 35.2 Å². The lowest BCUT2D eigenvalue weighted by Gasteiger charge is -2.40. The first-order valence-electron chi connectivity index (χ1n) is 9.81. The van der Waals surface area contributed by atoms with Crippen LogP contribution in [0.3, 0.4) is 0 Å². The van der Waals surface area contributed by atoms with Crippen molar-refractivity contribution < 1.29 is 27.8 Å². The van der Waals surface area contributed by atoms with Gasteiger partial charge in [-0.3, -0.25) is 9.69 Å². The Balaban J connectivity index is 2.27. The predicted molar refractivity (Wildman–Crippen MR) is 111 cm³/mol. The summed E-state index contributed by atoms with van der Waals surface area (Å²) in [6.45, 7) is 2.52. The molecule has 0 amide bonds. The van der Waals surface area contributed by atoms with Gasteiger partial charge in [-0.2, -0.15) is 13.2 Å². The number of halogens is 4. The maximum absolute atomic E-state index is 13.9. The lowest BCUT2D eigenvalue weighted by molar-refractivity contribution is -0.145. The van der Waals surface area contributed by atoms with E-state index in [9.17, 15) is 23.1 Å². The van der Waals surface area contributed by atoms with Crippen molar-refractivity contribution in [2.24, 2.45) is 0 Å². The Morgan fingerprint density at radius 2 is 1.97 bits per heavy atom. The molecule has 0 bridgehead atoms. The van der Waals surface area contributed by atoms with Crippen LogP contribution in [-0.2, 0) is 11.0 Å². The molecule has 0 aromatic heterocycles. The standard InChI is InChI=1S/C22H23BrF3NO3/c1-2-30-19-11-10-14(23)13-16(19)20(27-12-6-5-9-18(27)21(28)29)15-7-3-4-8-17(15)22(24,25)26/h3-4,7-8,10-11,13,18,20H,2,5-6,9,12H2,1H3,(H,28,29). The molecule has 2 aromatic carbocycles. The SMILES string of the molecule is CCOc1ccc(Br)cc1C(c1ccccc1C(F)(F)F)N1CCCCC1C(=O)O. The average Bonchev–Trinajstić information content (AvgIpc) is 2.70. The minimum Gasteiger partial charge on any atom is -0.494 e. The van der Waals surface area contributed by atoms with Gasteiger partial charge in [-0.05, 0) is 56.1 Å². The van der Waals surface area contributed by atoms with Crippen LogP contribution in [0.2, 0.25) is 0 Å². The Hall–Kier alpha value is -2.06. The van der Waals surface area contributed by atoms with E-state index in [0.717, 1.165) is 12.5 Å². The van der Waals surface area contributed by atoms with E-state index in [1.807, 2.05) is 0 Å². The Labute approximate surface area is 181 Å². The van der Waals surface area contributed by atoms with Crippen molar-refractivity contribution in [1.29, 1.82) is 0 Å². The molecule has 4 nitrogen and oxygen atoms in total. The molecule has 0 aliphatic carbocycles. The van der Waals surface area contributed by atoms with Crippen molar-refractivity contribution in [2.45, 2.75) is 44.4 Å². The molecule has 2 aromatic rings. The van der Waals surface area contributed by atoms with Gasteiger partial charge in [-0.1, -0.05) is 40.5 Å². The lowest BCUT2D eigenvalue weighted by Crippen LogP contribution is -2.47. The first-order valence-corrected chi connectivity index (χ1v) is 10.6. The Morgan fingerprint density at radius 3 is 2.63 bits per heavy atom. The van der Waals surface area contributed by atoms with Gasteiger partial charge < -0.3 is 9.84 Å². The van der Waals surface area contributed by atoms with Crippen molar-refractivity contribution in [2.75, 3.05) is 13.2 Å². The van der Waals surface area contributed by atoms with E-state index in [1.165, 1.54) is 12.1 Å². The number of benzene rings is 2. The summed E-state index contributed by atoms with van der Waals surface area (Å²) in [5.74, 6) is -0.588. The third-order valence-corrected chi connectivity index (χ3v) is 5.78. The quantitative estimate of drug-likeness (QED) is 0.553. The summed E-state index contributed by atoms with van der Waals surface area (Å²) >= 11 is 3.40. The number of hydrogen-bond acceptors (Lipinski definition) is 3. The monoisotopic (exact) mass is 485 g/mol. The molecule has 162 valence electrons. The first kappa shape index (κ1) is 22.6. The summed E-state index contributed by atoms with van der Waals surface area (Å²) in [4.78, 5) is 13.7. The van der Waals surface area contributed by atoms with Crippen LogP contribution in [0.15, 0.2) is 46.9 Å². The van der Waals surface area contributed by atoms with E-state index in [2.05, 4.69) is 15.9 Å². The number of likely N-dealkylation sites (tertiary alicyclic amines) is 1. The fraction of sp³-hybridized carbons (Fsp3) is 0.409. The summed E-state index contributed by atoms with van der Waals surface area (Å²) in [5, 5.41) is 9.80. The van der Waals surface area contributed by atoms with Crippen LogP contribution in [0.4, 0.5) is 13.2 Å². The van der Waals surface area contributed by atoms with Crippen molar-refractivity contribution in [3.8, 4) is 5.75 Å². The van der Waals surface area contributed by atoms with Crippen LogP contribution in [0, 0.1) is 0 Å². The van der Waals surface area contributed by atoms with E-state index in [-0.39, 0.29) is 5.56 Å². The van der Waals surface area contributed by atoms with E-state index in [1.54, 1.807) is 36.1 Å². The summed E-state index contributed by atoms with van der Waals surface area (Å²) in [5.41, 5.74) is -0.236. The van der Waals surface area contributed by atoms with Crippen LogP contribution in [0.1, 0.15) is 48.9 Å². The van der Waals surface area contributed by atoms with Gasteiger partial charge in [0.15, 0.2) is 0 Å². The van der Waals surface area contributed by atoms with Gasteiger partial charge in [0.05, 0.1) is 18.2 Å². The molecule has 0 spiro atoms. The van der Waals surface area contributed by atoms with Crippen LogP contribution < -0.4 is 4.74 Å². The molecular weight excluding hydrogens is 463 g/mol. The molecule has 1 aliphatic rings. The van der Waals surface area contributed by atoms with Gasteiger partial charge in [-0.15, -0.1) is 0 Å². The Bertz CT molecular complexity index is 903. The molecule has 30 heavy (non-hydrogen) atoms. The molecular formula is C22H23BrF3NO3. The number of carboxylic acids is 1. The number of ether oxygens (including phenoxy) is 1. The minimum atomic E-state index is -4.57. The summed E-state index contributed by atoms with van der Waals surface area (Å²) < 4.78 is 48.1. The second-order valence-electron chi connectivity index (χ2n) is 7.19. The molecule has 0 radical (unpaired) electrons. The number of piperidine rings is 1. The highest BCUT2D eigenvalue weighted by atomic mass is 79.9. The normalized spacial score (nSPS) is 18.8. The smallest absolute Gasteiger partial charge is 0.416 e. The largest absolute Gasteiger partial charge is 0.494 e. The number of nitrogens with zero attached hydrogens (tertiary/aromatic N) is 1. The summed E-state index contributed by atoms with van der Waals surface area (Å²) in [6, 6.07) is 8.75. The topological polar surface area (TPSA) is 49.8 Å². The number of aliphatic carboxylic acids is 1.